The highest BCUT2D eigenvalue weighted by Gasteiger charge is 2.10. The summed E-state index contributed by atoms with van der Waals surface area (Å²) in [6, 6.07) is 12.9. The van der Waals surface area contributed by atoms with Crippen LogP contribution in [0.4, 0.5) is 5.69 Å². The minimum Gasteiger partial charge on any atom is -0.408 e. The van der Waals surface area contributed by atoms with Crippen molar-refractivity contribution in [1.29, 1.82) is 0 Å². The maximum absolute atomic E-state index is 11.9. The van der Waals surface area contributed by atoms with Gasteiger partial charge in [0.2, 0.25) is 0 Å². The Labute approximate surface area is 117 Å². The summed E-state index contributed by atoms with van der Waals surface area (Å²) < 4.78 is 7.68. The van der Waals surface area contributed by atoms with Gasteiger partial charge in [-0.3, -0.25) is 4.57 Å². The third-order valence-electron chi connectivity index (χ3n) is 2.98. The van der Waals surface area contributed by atoms with E-state index in [1.54, 1.807) is 10.6 Å². The van der Waals surface area contributed by atoms with E-state index in [0.717, 1.165) is 15.6 Å². The number of halogens is 1. The van der Waals surface area contributed by atoms with Gasteiger partial charge in [0, 0.05) is 10.2 Å². The van der Waals surface area contributed by atoms with Gasteiger partial charge in [0.1, 0.15) is 0 Å². The third-order valence-corrected chi connectivity index (χ3v) is 3.72. The largest absolute Gasteiger partial charge is 0.420 e. The third kappa shape index (κ3) is 2.17. The first-order valence-corrected chi connectivity index (χ1v) is 6.57. The van der Waals surface area contributed by atoms with E-state index in [9.17, 15) is 4.79 Å². The average Bonchev–Trinajstić information content (AvgIpc) is 2.69. The number of rotatable bonds is 2. The van der Waals surface area contributed by atoms with Crippen molar-refractivity contribution < 1.29 is 4.42 Å². The lowest BCUT2D eigenvalue weighted by atomic mass is 10.2. The van der Waals surface area contributed by atoms with Crippen LogP contribution in [-0.4, -0.2) is 4.57 Å². The molecule has 2 N–H and O–H groups in total. The number of anilines is 1. The summed E-state index contributed by atoms with van der Waals surface area (Å²) in [5.74, 6) is -0.357. The molecule has 0 aliphatic carbocycles. The normalized spacial score (nSPS) is 11.0. The molecular formula is C14H11BrN2O2. The fourth-order valence-corrected chi connectivity index (χ4v) is 2.55. The summed E-state index contributed by atoms with van der Waals surface area (Å²) >= 11 is 3.46. The molecule has 0 unspecified atom stereocenters. The van der Waals surface area contributed by atoms with E-state index in [0.29, 0.717) is 17.8 Å². The Morgan fingerprint density at radius 1 is 1.21 bits per heavy atom. The van der Waals surface area contributed by atoms with Crippen LogP contribution < -0.4 is 11.5 Å². The van der Waals surface area contributed by atoms with Crippen LogP contribution in [0.2, 0.25) is 0 Å². The van der Waals surface area contributed by atoms with Crippen molar-refractivity contribution in [2.45, 2.75) is 6.54 Å². The molecule has 0 radical (unpaired) electrons. The zero-order chi connectivity index (χ0) is 13.4. The molecule has 0 aliphatic heterocycles. The maximum atomic E-state index is 11.9. The van der Waals surface area contributed by atoms with Crippen LogP contribution in [0, 0.1) is 0 Å². The molecule has 4 nitrogen and oxygen atoms in total. The van der Waals surface area contributed by atoms with Gasteiger partial charge in [-0.05, 0) is 29.8 Å². The van der Waals surface area contributed by atoms with E-state index < -0.39 is 0 Å². The number of oxazole rings is 1. The number of hydrogen-bond acceptors (Lipinski definition) is 3. The van der Waals surface area contributed by atoms with Gasteiger partial charge in [-0.15, -0.1) is 0 Å². The minimum absolute atomic E-state index is 0.357. The molecule has 0 saturated heterocycles. The Morgan fingerprint density at radius 3 is 2.79 bits per heavy atom. The van der Waals surface area contributed by atoms with E-state index >= 15 is 0 Å². The number of fused-ring (bicyclic) bond motifs is 1. The maximum Gasteiger partial charge on any atom is 0.420 e. The van der Waals surface area contributed by atoms with E-state index in [2.05, 4.69) is 15.9 Å². The van der Waals surface area contributed by atoms with Gasteiger partial charge in [0.05, 0.1) is 12.1 Å². The molecule has 1 heterocycles. The van der Waals surface area contributed by atoms with Crippen molar-refractivity contribution in [1.82, 2.24) is 4.57 Å². The predicted molar refractivity (Wildman–Crippen MR) is 78.1 cm³/mol. The van der Waals surface area contributed by atoms with Crippen molar-refractivity contribution in [3.05, 3.63) is 63.1 Å². The van der Waals surface area contributed by atoms with Crippen LogP contribution in [0.3, 0.4) is 0 Å². The second kappa shape index (κ2) is 4.59. The Kier molecular flexibility index (Phi) is 2.91. The van der Waals surface area contributed by atoms with Gasteiger partial charge >= 0.3 is 5.76 Å². The molecule has 0 atom stereocenters. The minimum atomic E-state index is -0.357. The van der Waals surface area contributed by atoms with Crippen LogP contribution in [0.25, 0.3) is 11.1 Å². The molecule has 3 aromatic rings. The molecule has 1 aromatic heterocycles. The van der Waals surface area contributed by atoms with Crippen molar-refractivity contribution in [2.75, 3.05) is 5.73 Å². The Bertz CT molecular complexity index is 805. The van der Waals surface area contributed by atoms with Crippen molar-refractivity contribution in [3.8, 4) is 0 Å². The monoisotopic (exact) mass is 318 g/mol. The average molecular weight is 319 g/mol. The number of hydrogen-bond donors (Lipinski definition) is 1. The van der Waals surface area contributed by atoms with Gasteiger partial charge in [-0.1, -0.05) is 34.1 Å². The van der Waals surface area contributed by atoms with E-state index in [1.807, 2.05) is 36.4 Å². The van der Waals surface area contributed by atoms with Crippen molar-refractivity contribution in [2.24, 2.45) is 0 Å². The zero-order valence-electron chi connectivity index (χ0n) is 9.97. The first kappa shape index (κ1) is 12.0. The van der Waals surface area contributed by atoms with Crippen LogP contribution in [0.15, 0.2) is 56.1 Å². The lowest BCUT2D eigenvalue weighted by Crippen LogP contribution is -2.15. The van der Waals surface area contributed by atoms with Crippen LogP contribution in [0.1, 0.15) is 5.56 Å². The fraction of sp³-hybridized carbons (Fsp3) is 0.0714. The van der Waals surface area contributed by atoms with Gasteiger partial charge in [0.25, 0.3) is 0 Å². The van der Waals surface area contributed by atoms with Crippen LogP contribution in [0.5, 0.6) is 0 Å². The number of aromatic nitrogens is 1. The zero-order valence-corrected chi connectivity index (χ0v) is 11.6. The van der Waals surface area contributed by atoms with Gasteiger partial charge in [-0.25, -0.2) is 4.79 Å². The molecule has 0 bridgehead atoms. The van der Waals surface area contributed by atoms with E-state index in [4.69, 9.17) is 10.2 Å². The van der Waals surface area contributed by atoms with Crippen LogP contribution >= 0.6 is 15.9 Å². The molecule has 5 heteroatoms. The summed E-state index contributed by atoms with van der Waals surface area (Å²) in [5, 5.41) is 0. The van der Waals surface area contributed by atoms with E-state index in [1.165, 1.54) is 0 Å². The molecular weight excluding hydrogens is 308 g/mol. The SMILES string of the molecule is Nc1ccc(Cn2c(=O)oc3ccccc32)c(Br)c1. The molecule has 0 fully saturated rings. The predicted octanol–water partition coefficient (Wildman–Crippen LogP) is 2.99. The summed E-state index contributed by atoms with van der Waals surface area (Å²) in [6.45, 7) is 0.441. The second-order valence-electron chi connectivity index (χ2n) is 4.27. The molecule has 3 rings (SSSR count). The van der Waals surface area contributed by atoms with Gasteiger partial charge in [0.15, 0.2) is 5.58 Å². The topological polar surface area (TPSA) is 61.2 Å². The highest BCUT2D eigenvalue weighted by atomic mass is 79.9. The molecule has 0 amide bonds. The first-order chi connectivity index (χ1) is 9.15. The standard InChI is InChI=1S/C14H11BrN2O2/c15-11-7-10(16)6-5-9(11)8-17-12-3-1-2-4-13(12)19-14(17)18/h1-7H,8,16H2. The molecule has 2 aromatic carbocycles. The number of nitrogen functional groups attached to an aromatic ring is 1. The highest BCUT2D eigenvalue weighted by Crippen LogP contribution is 2.22. The Balaban J connectivity index is 2.10. The Hall–Kier alpha value is -2.01. The molecule has 0 aliphatic rings. The van der Waals surface area contributed by atoms with Gasteiger partial charge < -0.3 is 10.2 Å². The summed E-state index contributed by atoms with van der Waals surface area (Å²) in [5.41, 5.74) is 8.74. The summed E-state index contributed by atoms with van der Waals surface area (Å²) in [6.07, 6.45) is 0. The fourth-order valence-electron chi connectivity index (χ4n) is 2.03. The first-order valence-electron chi connectivity index (χ1n) is 5.77. The van der Waals surface area contributed by atoms with Crippen molar-refractivity contribution in [3.63, 3.8) is 0 Å². The smallest absolute Gasteiger partial charge is 0.408 e. The summed E-state index contributed by atoms with van der Waals surface area (Å²) in [4.78, 5) is 11.9. The van der Waals surface area contributed by atoms with Gasteiger partial charge in [-0.2, -0.15) is 0 Å². The lowest BCUT2D eigenvalue weighted by Gasteiger charge is -2.06. The summed E-state index contributed by atoms with van der Waals surface area (Å²) in [7, 11) is 0. The second-order valence-corrected chi connectivity index (χ2v) is 5.13. The highest BCUT2D eigenvalue weighted by molar-refractivity contribution is 9.10. The quantitative estimate of drug-likeness (QED) is 0.739. The molecule has 96 valence electrons. The molecule has 19 heavy (non-hydrogen) atoms. The van der Waals surface area contributed by atoms with Crippen LogP contribution in [-0.2, 0) is 6.54 Å². The Morgan fingerprint density at radius 2 is 2.00 bits per heavy atom. The molecule has 0 saturated carbocycles. The molecule has 0 spiro atoms. The number of nitrogens with two attached hydrogens (primary N) is 1. The van der Waals surface area contributed by atoms with Crippen molar-refractivity contribution >= 4 is 32.7 Å². The number of benzene rings is 2. The lowest BCUT2D eigenvalue weighted by molar-refractivity contribution is 0.517. The number of nitrogens with zero attached hydrogens (tertiary/aromatic N) is 1. The van der Waals surface area contributed by atoms with E-state index in [-0.39, 0.29) is 5.76 Å². The number of para-hydroxylation sites is 2.